The molecule has 3 rings (SSSR count). The van der Waals surface area contributed by atoms with E-state index in [1.165, 1.54) is 21.1 Å². The second kappa shape index (κ2) is 4.11. The monoisotopic (exact) mass is 245 g/mol. The minimum atomic E-state index is 0.887. The van der Waals surface area contributed by atoms with Crippen molar-refractivity contribution >= 4 is 23.3 Å². The maximum atomic E-state index is 4.47. The molecule has 2 aliphatic heterocycles. The van der Waals surface area contributed by atoms with Crippen molar-refractivity contribution in [1.82, 2.24) is 5.32 Å². The van der Waals surface area contributed by atoms with Crippen LogP contribution < -0.4 is 10.2 Å². The summed E-state index contributed by atoms with van der Waals surface area (Å²) in [6.07, 6.45) is 2.16. The molecule has 0 saturated carbocycles. The number of thioether (sulfide) groups is 1. The average molecular weight is 245 g/mol. The molecule has 0 aliphatic carbocycles. The highest BCUT2D eigenvalue weighted by Crippen LogP contribution is 2.40. The largest absolute Gasteiger partial charge is 0.368 e. The van der Waals surface area contributed by atoms with Crippen molar-refractivity contribution in [3.05, 3.63) is 34.9 Å². The Bertz CT molecular complexity index is 519. The van der Waals surface area contributed by atoms with Gasteiger partial charge >= 0.3 is 0 Å². The van der Waals surface area contributed by atoms with Gasteiger partial charge in [0.05, 0.1) is 17.1 Å². The lowest BCUT2D eigenvalue weighted by molar-refractivity contribution is 0.960. The van der Waals surface area contributed by atoms with Crippen LogP contribution in [0.1, 0.15) is 5.56 Å². The van der Waals surface area contributed by atoms with Crippen LogP contribution in [0.5, 0.6) is 0 Å². The zero-order chi connectivity index (χ0) is 11.8. The van der Waals surface area contributed by atoms with E-state index in [2.05, 4.69) is 53.6 Å². The van der Waals surface area contributed by atoms with Crippen LogP contribution in [-0.4, -0.2) is 26.0 Å². The molecule has 0 spiro atoms. The number of rotatable bonds is 1. The van der Waals surface area contributed by atoms with E-state index in [0.717, 1.165) is 18.9 Å². The molecule has 2 aliphatic rings. The number of nitrogens with one attached hydrogen (secondary N) is 1. The summed E-state index contributed by atoms with van der Waals surface area (Å²) in [6.45, 7) is 3.97. The summed E-state index contributed by atoms with van der Waals surface area (Å²) in [5, 5.41) is 3.32. The molecule has 0 amide bonds. The van der Waals surface area contributed by atoms with E-state index < -0.39 is 0 Å². The van der Waals surface area contributed by atoms with Crippen LogP contribution in [0.3, 0.4) is 0 Å². The van der Waals surface area contributed by atoms with Gasteiger partial charge in [-0.15, -0.1) is 0 Å². The van der Waals surface area contributed by atoms with Crippen LogP contribution in [0.2, 0.25) is 0 Å². The minimum absolute atomic E-state index is 0.887. The molecule has 17 heavy (non-hydrogen) atoms. The van der Waals surface area contributed by atoms with Gasteiger partial charge < -0.3 is 10.2 Å². The van der Waals surface area contributed by atoms with Crippen LogP contribution in [0.4, 0.5) is 5.69 Å². The molecule has 0 bridgehead atoms. The fourth-order valence-electron chi connectivity index (χ4n) is 2.05. The van der Waals surface area contributed by atoms with E-state index in [4.69, 9.17) is 0 Å². The third-order valence-electron chi connectivity index (χ3n) is 2.93. The van der Waals surface area contributed by atoms with E-state index in [0.29, 0.717) is 0 Å². The Morgan fingerprint density at radius 3 is 3.06 bits per heavy atom. The van der Waals surface area contributed by atoms with Gasteiger partial charge in [-0.1, -0.05) is 17.8 Å². The summed E-state index contributed by atoms with van der Waals surface area (Å²) in [5.74, 6) is 1.04. The Hall–Kier alpha value is -1.42. The molecule has 1 N–H and O–H groups in total. The van der Waals surface area contributed by atoms with Crippen LogP contribution in [0.15, 0.2) is 39.2 Å². The zero-order valence-corrected chi connectivity index (χ0v) is 10.8. The summed E-state index contributed by atoms with van der Waals surface area (Å²) in [6, 6.07) is 6.57. The predicted octanol–water partition coefficient (Wildman–Crippen LogP) is 2.38. The number of hydrogen-bond donors (Lipinski definition) is 1. The first-order valence-electron chi connectivity index (χ1n) is 5.76. The van der Waals surface area contributed by atoms with Crippen LogP contribution in [0, 0.1) is 6.92 Å². The summed E-state index contributed by atoms with van der Waals surface area (Å²) >= 11 is 1.79. The predicted molar refractivity (Wildman–Crippen MR) is 73.8 cm³/mol. The van der Waals surface area contributed by atoms with Gasteiger partial charge in [0.25, 0.3) is 0 Å². The topological polar surface area (TPSA) is 27.6 Å². The fraction of sp³-hybridized carbons (Fsp3) is 0.308. The van der Waals surface area contributed by atoms with Crippen molar-refractivity contribution in [3.63, 3.8) is 0 Å². The lowest BCUT2D eigenvalue weighted by Crippen LogP contribution is -2.23. The Balaban J connectivity index is 1.97. The molecule has 4 heteroatoms. The van der Waals surface area contributed by atoms with Gasteiger partial charge in [-0.2, -0.15) is 0 Å². The first kappa shape index (κ1) is 10.7. The number of aliphatic imine (C=N–C) groups is 1. The van der Waals surface area contributed by atoms with E-state index in [1.54, 1.807) is 11.8 Å². The standard InChI is InChI=1S/C13H15N3S/c1-9-3-4-11-10(7-9)16(2)8-12(17-11)13-14-5-6-15-13/h3-4,7-8H,5-6H2,1-2H3,(H,14,15). The van der Waals surface area contributed by atoms with Gasteiger partial charge in [-0.3, -0.25) is 4.99 Å². The highest BCUT2D eigenvalue weighted by molar-refractivity contribution is 8.04. The first-order chi connectivity index (χ1) is 8.24. The normalized spacial score (nSPS) is 18.4. The van der Waals surface area contributed by atoms with E-state index in [9.17, 15) is 0 Å². The highest BCUT2D eigenvalue weighted by Gasteiger charge is 2.20. The molecule has 3 nitrogen and oxygen atoms in total. The average Bonchev–Trinajstić information content (AvgIpc) is 2.83. The molecule has 2 heterocycles. The van der Waals surface area contributed by atoms with Gasteiger partial charge in [0.1, 0.15) is 5.84 Å². The molecule has 88 valence electrons. The van der Waals surface area contributed by atoms with Gasteiger partial charge in [-0.05, 0) is 24.6 Å². The number of aryl methyl sites for hydroxylation is 1. The number of benzene rings is 1. The third kappa shape index (κ3) is 1.93. The molecule has 0 saturated heterocycles. The minimum Gasteiger partial charge on any atom is -0.368 e. The third-order valence-corrected chi connectivity index (χ3v) is 4.02. The van der Waals surface area contributed by atoms with E-state index >= 15 is 0 Å². The molecule has 0 atom stereocenters. The van der Waals surface area contributed by atoms with Crippen molar-refractivity contribution in [2.45, 2.75) is 11.8 Å². The number of hydrogen-bond acceptors (Lipinski definition) is 4. The molecule has 0 fully saturated rings. The van der Waals surface area contributed by atoms with Gasteiger partial charge in [0, 0.05) is 24.7 Å². The van der Waals surface area contributed by atoms with Crippen molar-refractivity contribution in [3.8, 4) is 0 Å². The Morgan fingerprint density at radius 2 is 2.29 bits per heavy atom. The summed E-state index contributed by atoms with van der Waals surface area (Å²) in [7, 11) is 2.09. The van der Waals surface area contributed by atoms with Gasteiger partial charge in [0.2, 0.25) is 0 Å². The maximum absolute atomic E-state index is 4.47. The molecule has 1 aromatic carbocycles. The Kier molecular flexibility index (Phi) is 2.59. The van der Waals surface area contributed by atoms with Crippen LogP contribution in [-0.2, 0) is 0 Å². The van der Waals surface area contributed by atoms with Crippen LogP contribution in [0.25, 0.3) is 0 Å². The number of nitrogens with zero attached hydrogens (tertiary/aromatic N) is 2. The second-order valence-electron chi connectivity index (χ2n) is 4.33. The first-order valence-corrected chi connectivity index (χ1v) is 6.57. The molecule has 0 radical (unpaired) electrons. The van der Waals surface area contributed by atoms with Gasteiger partial charge in [-0.25, -0.2) is 0 Å². The van der Waals surface area contributed by atoms with E-state index in [1.807, 2.05) is 0 Å². The quantitative estimate of drug-likeness (QED) is 0.823. The number of amidine groups is 1. The Morgan fingerprint density at radius 1 is 1.41 bits per heavy atom. The number of fused-ring (bicyclic) bond motifs is 1. The van der Waals surface area contributed by atoms with Crippen molar-refractivity contribution in [1.29, 1.82) is 0 Å². The lowest BCUT2D eigenvalue weighted by atomic mass is 10.2. The smallest absolute Gasteiger partial charge is 0.136 e. The zero-order valence-electron chi connectivity index (χ0n) is 10.0. The SMILES string of the molecule is Cc1ccc2c(c1)N(C)C=C(C1=NCCN1)S2. The number of anilines is 1. The molecular formula is C13H15N3S. The van der Waals surface area contributed by atoms with Crippen molar-refractivity contribution in [2.75, 3.05) is 25.0 Å². The fourth-order valence-corrected chi connectivity index (χ4v) is 3.18. The second-order valence-corrected chi connectivity index (χ2v) is 5.42. The molecule has 0 unspecified atom stereocenters. The molecular weight excluding hydrogens is 230 g/mol. The lowest BCUT2D eigenvalue weighted by Gasteiger charge is -2.25. The van der Waals surface area contributed by atoms with Crippen LogP contribution >= 0.6 is 11.8 Å². The Labute approximate surface area is 106 Å². The summed E-state index contributed by atoms with van der Waals surface area (Å²) in [4.78, 5) is 9.16. The maximum Gasteiger partial charge on any atom is 0.136 e. The molecule has 1 aromatic rings. The van der Waals surface area contributed by atoms with Crippen molar-refractivity contribution < 1.29 is 0 Å². The van der Waals surface area contributed by atoms with Gasteiger partial charge in [0.15, 0.2) is 0 Å². The van der Waals surface area contributed by atoms with Crippen molar-refractivity contribution in [2.24, 2.45) is 4.99 Å². The van der Waals surface area contributed by atoms with E-state index in [-0.39, 0.29) is 0 Å². The summed E-state index contributed by atoms with van der Waals surface area (Å²) < 4.78 is 0. The summed E-state index contributed by atoms with van der Waals surface area (Å²) in [5.41, 5.74) is 2.57. The highest BCUT2D eigenvalue weighted by atomic mass is 32.2. The molecule has 0 aromatic heterocycles.